The van der Waals surface area contributed by atoms with Crippen LogP contribution in [0.3, 0.4) is 0 Å². The van der Waals surface area contributed by atoms with Gasteiger partial charge in [-0.15, -0.1) is 0 Å². The third kappa shape index (κ3) is 5.50. The van der Waals surface area contributed by atoms with E-state index in [1.165, 1.54) is 0 Å². The first-order valence-corrected chi connectivity index (χ1v) is 7.97. The number of amides is 1. The Labute approximate surface area is 141 Å². The zero-order valence-corrected chi connectivity index (χ0v) is 13.9. The average molecular weight is 336 g/mol. The van der Waals surface area contributed by atoms with Gasteiger partial charge in [-0.3, -0.25) is 4.79 Å². The van der Waals surface area contributed by atoms with Gasteiger partial charge >= 0.3 is 5.97 Å². The Hall–Kier alpha value is -2.12. The van der Waals surface area contributed by atoms with Gasteiger partial charge in [0.1, 0.15) is 0 Å². The average Bonchev–Trinajstić information content (AvgIpc) is 3.27. The SMILES string of the molecule is CC(C)C[C@@H](COCc1cccc(N)c1)NC(=O)C1OC1C(=O)O. The summed E-state index contributed by atoms with van der Waals surface area (Å²) in [6.45, 7) is 4.83. The fourth-order valence-electron chi connectivity index (χ4n) is 2.52. The number of anilines is 1. The molecule has 4 N–H and O–H groups in total. The molecule has 1 amide bonds. The van der Waals surface area contributed by atoms with Gasteiger partial charge in [0.15, 0.2) is 12.2 Å². The lowest BCUT2D eigenvalue weighted by Gasteiger charge is -2.20. The Morgan fingerprint density at radius 2 is 2.12 bits per heavy atom. The lowest BCUT2D eigenvalue weighted by atomic mass is 10.0. The molecule has 1 heterocycles. The summed E-state index contributed by atoms with van der Waals surface area (Å²) in [4.78, 5) is 22.8. The largest absolute Gasteiger partial charge is 0.479 e. The molecule has 1 aliphatic heterocycles. The minimum absolute atomic E-state index is 0.197. The van der Waals surface area contributed by atoms with Crippen molar-refractivity contribution in [2.45, 2.75) is 45.1 Å². The minimum Gasteiger partial charge on any atom is -0.479 e. The molecule has 1 aromatic rings. The van der Waals surface area contributed by atoms with Crippen LogP contribution in [-0.4, -0.2) is 41.8 Å². The number of epoxide rings is 1. The third-order valence-corrected chi connectivity index (χ3v) is 3.63. The summed E-state index contributed by atoms with van der Waals surface area (Å²) in [5.41, 5.74) is 7.36. The standard InChI is InChI=1S/C17H24N2O5/c1-10(2)6-13(19-16(20)14-15(24-14)17(21)22)9-23-8-11-4-3-5-12(18)7-11/h3-5,7,10,13-15H,6,8-9,18H2,1-2H3,(H,19,20)(H,21,22)/t13-,14?,15?/m0/s1. The topological polar surface area (TPSA) is 114 Å². The van der Waals surface area contributed by atoms with Crippen molar-refractivity contribution < 1.29 is 24.2 Å². The summed E-state index contributed by atoms with van der Waals surface area (Å²) in [6.07, 6.45) is -1.20. The maximum Gasteiger partial charge on any atom is 0.336 e. The molecular weight excluding hydrogens is 312 g/mol. The minimum atomic E-state index is -1.12. The van der Waals surface area contributed by atoms with Gasteiger partial charge in [0.2, 0.25) is 0 Å². The van der Waals surface area contributed by atoms with Gasteiger partial charge in [-0.2, -0.15) is 0 Å². The van der Waals surface area contributed by atoms with Crippen LogP contribution in [-0.2, 0) is 25.7 Å². The van der Waals surface area contributed by atoms with Crippen LogP contribution in [0.5, 0.6) is 0 Å². The van der Waals surface area contributed by atoms with Crippen LogP contribution in [0.15, 0.2) is 24.3 Å². The number of carbonyl (C=O) groups excluding carboxylic acids is 1. The number of hydrogen-bond donors (Lipinski definition) is 3. The number of carbonyl (C=O) groups is 2. The Balaban J connectivity index is 1.82. The van der Waals surface area contributed by atoms with E-state index in [0.29, 0.717) is 24.8 Å². The molecule has 24 heavy (non-hydrogen) atoms. The zero-order chi connectivity index (χ0) is 17.7. The number of nitrogens with two attached hydrogens (primary N) is 1. The summed E-state index contributed by atoms with van der Waals surface area (Å²) in [5, 5.41) is 11.6. The van der Waals surface area contributed by atoms with Crippen molar-refractivity contribution >= 4 is 17.6 Å². The van der Waals surface area contributed by atoms with E-state index in [-0.39, 0.29) is 6.04 Å². The molecule has 2 unspecified atom stereocenters. The van der Waals surface area contributed by atoms with Crippen LogP contribution in [0.1, 0.15) is 25.8 Å². The zero-order valence-electron chi connectivity index (χ0n) is 13.9. The first-order chi connectivity index (χ1) is 11.4. The van der Waals surface area contributed by atoms with Gasteiger partial charge in [-0.05, 0) is 30.0 Å². The summed E-state index contributed by atoms with van der Waals surface area (Å²) in [5.74, 6) is -1.16. The molecule has 7 nitrogen and oxygen atoms in total. The molecule has 1 fully saturated rings. The first kappa shape index (κ1) is 18.2. The molecule has 2 rings (SSSR count). The fraction of sp³-hybridized carbons (Fsp3) is 0.529. The second kappa shape index (κ2) is 8.12. The maximum absolute atomic E-state index is 12.0. The van der Waals surface area contributed by atoms with E-state index in [9.17, 15) is 9.59 Å². The normalized spacial score (nSPS) is 20.6. The summed E-state index contributed by atoms with van der Waals surface area (Å²) in [6, 6.07) is 7.22. The molecule has 0 spiro atoms. The molecule has 1 saturated heterocycles. The highest BCUT2D eigenvalue weighted by Crippen LogP contribution is 2.22. The monoisotopic (exact) mass is 336 g/mol. The highest BCUT2D eigenvalue weighted by atomic mass is 16.6. The molecule has 3 atom stereocenters. The summed E-state index contributed by atoms with van der Waals surface area (Å²) in [7, 11) is 0. The van der Waals surface area contributed by atoms with Crippen LogP contribution in [0, 0.1) is 5.92 Å². The van der Waals surface area contributed by atoms with Crippen LogP contribution in [0.4, 0.5) is 5.69 Å². The van der Waals surface area contributed by atoms with Gasteiger partial charge in [0, 0.05) is 5.69 Å². The summed E-state index contributed by atoms with van der Waals surface area (Å²) >= 11 is 0. The Bertz CT molecular complexity index is 590. The molecule has 0 radical (unpaired) electrons. The number of nitrogens with one attached hydrogen (secondary N) is 1. The van der Waals surface area contributed by atoms with Crippen LogP contribution in [0.25, 0.3) is 0 Å². The van der Waals surface area contributed by atoms with E-state index < -0.39 is 24.1 Å². The number of carboxylic acids is 1. The number of aliphatic carboxylic acids is 1. The van der Waals surface area contributed by atoms with Crippen LogP contribution < -0.4 is 11.1 Å². The smallest absolute Gasteiger partial charge is 0.336 e. The molecule has 0 bridgehead atoms. The molecule has 0 aliphatic carbocycles. The van der Waals surface area contributed by atoms with E-state index >= 15 is 0 Å². The lowest BCUT2D eigenvalue weighted by molar-refractivity contribution is -0.138. The molecule has 7 heteroatoms. The number of nitrogen functional groups attached to an aromatic ring is 1. The lowest BCUT2D eigenvalue weighted by Crippen LogP contribution is -2.42. The predicted octanol–water partition coefficient (Wildman–Crippen LogP) is 1.17. The van der Waals surface area contributed by atoms with Crippen molar-refractivity contribution in [1.82, 2.24) is 5.32 Å². The van der Waals surface area contributed by atoms with Crippen molar-refractivity contribution in [2.75, 3.05) is 12.3 Å². The second-order valence-electron chi connectivity index (χ2n) is 6.41. The van der Waals surface area contributed by atoms with Crippen molar-refractivity contribution in [2.24, 2.45) is 5.92 Å². The molecular formula is C17H24N2O5. The van der Waals surface area contributed by atoms with Gasteiger partial charge in [0.05, 0.1) is 19.3 Å². The second-order valence-corrected chi connectivity index (χ2v) is 6.41. The van der Waals surface area contributed by atoms with Crippen LogP contribution in [0.2, 0.25) is 0 Å². The third-order valence-electron chi connectivity index (χ3n) is 3.63. The maximum atomic E-state index is 12.0. The highest BCUT2D eigenvalue weighted by Gasteiger charge is 2.51. The Morgan fingerprint density at radius 3 is 2.71 bits per heavy atom. The van der Waals surface area contributed by atoms with Crippen molar-refractivity contribution in [1.29, 1.82) is 0 Å². The van der Waals surface area contributed by atoms with E-state index in [4.69, 9.17) is 20.3 Å². The van der Waals surface area contributed by atoms with Crippen LogP contribution >= 0.6 is 0 Å². The van der Waals surface area contributed by atoms with E-state index in [1.807, 2.05) is 32.0 Å². The van der Waals surface area contributed by atoms with Crippen molar-refractivity contribution in [3.8, 4) is 0 Å². The molecule has 132 valence electrons. The Kier molecular flexibility index (Phi) is 6.16. The molecule has 0 aromatic heterocycles. The molecule has 1 aromatic carbocycles. The Morgan fingerprint density at radius 1 is 1.38 bits per heavy atom. The van der Waals surface area contributed by atoms with Gasteiger partial charge in [0.25, 0.3) is 5.91 Å². The number of ether oxygens (including phenoxy) is 2. The number of carboxylic acid groups (broad SMARTS) is 1. The van der Waals surface area contributed by atoms with E-state index in [2.05, 4.69) is 5.32 Å². The highest BCUT2D eigenvalue weighted by molar-refractivity contribution is 5.92. The number of rotatable bonds is 9. The van der Waals surface area contributed by atoms with Crippen molar-refractivity contribution in [3.63, 3.8) is 0 Å². The molecule has 1 aliphatic rings. The first-order valence-electron chi connectivity index (χ1n) is 7.97. The van der Waals surface area contributed by atoms with E-state index in [1.54, 1.807) is 6.07 Å². The van der Waals surface area contributed by atoms with Gasteiger partial charge in [-0.1, -0.05) is 26.0 Å². The van der Waals surface area contributed by atoms with Gasteiger partial charge < -0.3 is 25.6 Å². The fourth-order valence-corrected chi connectivity index (χ4v) is 2.52. The quantitative estimate of drug-likeness (QED) is 0.461. The van der Waals surface area contributed by atoms with Crippen molar-refractivity contribution in [3.05, 3.63) is 29.8 Å². The van der Waals surface area contributed by atoms with Gasteiger partial charge in [-0.25, -0.2) is 4.79 Å². The summed E-state index contributed by atoms with van der Waals surface area (Å²) < 4.78 is 10.6. The predicted molar refractivity (Wildman–Crippen MR) is 88.2 cm³/mol. The number of benzene rings is 1. The van der Waals surface area contributed by atoms with E-state index in [0.717, 1.165) is 12.0 Å². The number of hydrogen-bond acceptors (Lipinski definition) is 5. The molecule has 0 saturated carbocycles.